The van der Waals surface area contributed by atoms with Gasteiger partial charge in [-0.15, -0.1) is 0 Å². The molecule has 19 heavy (non-hydrogen) atoms. The fourth-order valence-corrected chi connectivity index (χ4v) is 1.94. The predicted molar refractivity (Wildman–Crippen MR) is 71.8 cm³/mol. The van der Waals surface area contributed by atoms with Crippen molar-refractivity contribution in [1.29, 1.82) is 0 Å². The van der Waals surface area contributed by atoms with Crippen molar-refractivity contribution in [3.8, 4) is 11.1 Å². The Morgan fingerprint density at radius 1 is 1.37 bits per heavy atom. The minimum Gasteiger partial charge on any atom is -0.361 e. The molecule has 2 rings (SSSR count). The fourth-order valence-electron chi connectivity index (χ4n) is 1.94. The van der Waals surface area contributed by atoms with Gasteiger partial charge in [0.2, 0.25) is 0 Å². The second-order valence-electron chi connectivity index (χ2n) is 4.42. The summed E-state index contributed by atoms with van der Waals surface area (Å²) in [4.78, 5) is 16.0. The lowest BCUT2D eigenvalue weighted by atomic mass is 10.0. The Morgan fingerprint density at radius 2 is 2.16 bits per heavy atom. The zero-order chi connectivity index (χ0) is 13.8. The third kappa shape index (κ3) is 2.81. The van der Waals surface area contributed by atoms with Crippen LogP contribution in [0.5, 0.6) is 0 Å². The molecule has 0 unspecified atom stereocenters. The number of carbonyl (C=O) groups excluding carboxylic acids is 1. The van der Waals surface area contributed by atoms with E-state index in [0.29, 0.717) is 12.1 Å². The molecule has 0 spiro atoms. The van der Waals surface area contributed by atoms with Crippen molar-refractivity contribution in [3.63, 3.8) is 0 Å². The second-order valence-corrected chi connectivity index (χ2v) is 4.42. The number of aromatic nitrogens is 2. The van der Waals surface area contributed by atoms with Crippen LogP contribution in [0.15, 0.2) is 23.0 Å². The van der Waals surface area contributed by atoms with Crippen molar-refractivity contribution in [2.24, 2.45) is 0 Å². The van der Waals surface area contributed by atoms with Gasteiger partial charge in [-0.1, -0.05) is 12.1 Å². The zero-order valence-corrected chi connectivity index (χ0v) is 11.4. The molecule has 0 aliphatic carbocycles. The minimum atomic E-state index is -0.108. The first-order valence-corrected chi connectivity index (χ1v) is 6.30. The van der Waals surface area contributed by atoms with Gasteiger partial charge < -0.3 is 9.84 Å². The molecule has 0 aliphatic heterocycles. The van der Waals surface area contributed by atoms with Gasteiger partial charge in [0.25, 0.3) is 5.91 Å². The summed E-state index contributed by atoms with van der Waals surface area (Å²) in [5, 5.41) is 6.75. The number of nitrogens with zero attached hydrogens (tertiary/aromatic N) is 2. The molecule has 0 bridgehead atoms. The molecule has 0 saturated carbocycles. The summed E-state index contributed by atoms with van der Waals surface area (Å²) in [5.74, 6) is 0.619. The zero-order valence-electron chi connectivity index (χ0n) is 11.4. The molecule has 5 heteroatoms. The molecule has 0 radical (unpaired) electrons. The number of rotatable bonds is 4. The Labute approximate surface area is 112 Å². The van der Waals surface area contributed by atoms with Crippen LogP contribution < -0.4 is 5.32 Å². The SMILES string of the molecule is CCCNC(=O)c1cncc(-c2c(C)noc2C)c1. The maximum absolute atomic E-state index is 11.9. The molecule has 1 amide bonds. The van der Waals surface area contributed by atoms with Gasteiger partial charge in [-0.25, -0.2) is 0 Å². The maximum atomic E-state index is 11.9. The molecule has 0 saturated heterocycles. The first kappa shape index (κ1) is 13.3. The molecule has 0 aromatic carbocycles. The summed E-state index contributed by atoms with van der Waals surface area (Å²) in [7, 11) is 0. The molecular weight excluding hydrogens is 242 g/mol. The number of amides is 1. The van der Waals surface area contributed by atoms with Crippen LogP contribution in [0.25, 0.3) is 11.1 Å². The van der Waals surface area contributed by atoms with Crippen molar-refractivity contribution in [1.82, 2.24) is 15.5 Å². The van der Waals surface area contributed by atoms with Gasteiger partial charge in [0, 0.05) is 30.1 Å². The van der Waals surface area contributed by atoms with Crippen molar-refractivity contribution < 1.29 is 9.32 Å². The highest BCUT2D eigenvalue weighted by Crippen LogP contribution is 2.26. The van der Waals surface area contributed by atoms with E-state index in [1.54, 1.807) is 12.4 Å². The summed E-state index contributed by atoms with van der Waals surface area (Å²) in [6.07, 6.45) is 4.18. The molecule has 0 fully saturated rings. The van der Waals surface area contributed by atoms with Gasteiger partial charge in [-0.2, -0.15) is 0 Å². The van der Waals surface area contributed by atoms with Crippen LogP contribution in [0.4, 0.5) is 0 Å². The first-order chi connectivity index (χ1) is 9.13. The van der Waals surface area contributed by atoms with Gasteiger partial charge in [-0.3, -0.25) is 9.78 Å². The Morgan fingerprint density at radius 3 is 2.79 bits per heavy atom. The van der Waals surface area contributed by atoms with E-state index in [4.69, 9.17) is 4.52 Å². The fraction of sp³-hybridized carbons (Fsp3) is 0.357. The van der Waals surface area contributed by atoms with Crippen LogP contribution in [0, 0.1) is 13.8 Å². The number of pyridine rings is 1. The van der Waals surface area contributed by atoms with Gasteiger partial charge in [0.1, 0.15) is 5.76 Å². The van der Waals surface area contributed by atoms with Crippen LogP contribution in [0.1, 0.15) is 35.2 Å². The molecular formula is C14H17N3O2. The van der Waals surface area contributed by atoms with E-state index in [9.17, 15) is 4.79 Å². The average molecular weight is 259 g/mol. The van der Waals surface area contributed by atoms with Crippen molar-refractivity contribution in [2.45, 2.75) is 27.2 Å². The number of nitrogens with one attached hydrogen (secondary N) is 1. The normalized spacial score (nSPS) is 10.5. The molecule has 2 aromatic rings. The highest BCUT2D eigenvalue weighted by Gasteiger charge is 2.14. The van der Waals surface area contributed by atoms with Crippen molar-refractivity contribution in [3.05, 3.63) is 35.5 Å². The van der Waals surface area contributed by atoms with E-state index in [-0.39, 0.29) is 5.91 Å². The molecule has 5 nitrogen and oxygen atoms in total. The third-order valence-electron chi connectivity index (χ3n) is 2.86. The second kappa shape index (κ2) is 5.65. The summed E-state index contributed by atoms with van der Waals surface area (Å²) in [5.41, 5.74) is 3.09. The van der Waals surface area contributed by atoms with E-state index < -0.39 is 0 Å². The quantitative estimate of drug-likeness (QED) is 0.916. The average Bonchev–Trinajstić information content (AvgIpc) is 2.75. The Hall–Kier alpha value is -2.17. The summed E-state index contributed by atoms with van der Waals surface area (Å²) in [6, 6.07) is 1.81. The van der Waals surface area contributed by atoms with Crippen LogP contribution in [-0.4, -0.2) is 22.6 Å². The van der Waals surface area contributed by atoms with Crippen LogP contribution in [0.2, 0.25) is 0 Å². The van der Waals surface area contributed by atoms with Gasteiger partial charge >= 0.3 is 0 Å². The first-order valence-electron chi connectivity index (χ1n) is 6.30. The van der Waals surface area contributed by atoms with Crippen LogP contribution in [0.3, 0.4) is 0 Å². The standard InChI is InChI=1S/C14H17N3O2/c1-4-5-16-14(18)12-6-11(7-15-8-12)13-9(2)17-19-10(13)3/h6-8H,4-5H2,1-3H3,(H,16,18). The lowest BCUT2D eigenvalue weighted by molar-refractivity contribution is 0.0953. The third-order valence-corrected chi connectivity index (χ3v) is 2.86. The Kier molecular flexibility index (Phi) is 3.94. The molecule has 2 heterocycles. The van der Waals surface area contributed by atoms with E-state index in [2.05, 4.69) is 15.5 Å². The number of aryl methyl sites for hydroxylation is 2. The summed E-state index contributed by atoms with van der Waals surface area (Å²) >= 11 is 0. The van der Waals surface area contributed by atoms with Crippen molar-refractivity contribution in [2.75, 3.05) is 6.54 Å². The van der Waals surface area contributed by atoms with E-state index in [1.807, 2.05) is 26.8 Å². The minimum absolute atomic E-state index is 0.108. The van der Waals surface area contributed by atoms with Crippen LogP contribution in [-0.2, 0) is 0 Å². The predicted octanol–water partition coefficient (Wildman–Crippen LogP) is 2.49. The Balaban J connectivity index is 2.32. The number of hydrogen-bond donors (Lipinski definition) is 1. The van der Waals surface area contributed by atoms with Gasteiger partial charge in [-0.05, 0) is 26.3 Å². The van der Waals surface area contributed by atoms with Gasteiger partial charge in [0.15, 0.2) is 0 Å². The monoisotopic (exact) mass is 259 g/mol. The lowest BCUT2D eigenvalue weighted by Gasteiger charge is -2.05. The smallest absolute Gasteiger partial charge is 0.252 e. The molecule has 0 aliphatic rings. The highest BCUT2D eigenvalue weighted by molar-refractivity contribution is 5.95. The maximum Gasteiger partial charge on any atom is 0.252 e. The largest absolute Gasteiger partial charge is 0.361 e. The Bertz CT molecular complexity index is 571. The summed E-state index contributed by atoms with van der Waals surface area (Å²) < 4.78 is 5.14. The molecule has 100 valence electrons. The van der Waals surface area contributed by atoms with Crippen molar-refractivity contribution >= 4 is 5.91 Å². The van der Waals surface area contributed by atoms with E-state index >= 15 is 0 Å². The van der Waals surface area contributed by atoms with Crippen LogP contribution >= 0.6 is 0 Å². The van der Waals surface area contributed by atoms with E-state index in [0.717, 1.165) is 29.0 Å². The van der Waals surface area contributed by atoms with Gasteiger partial charge in [0.05, 0.1) is 11.3 Å². The molecule has 1 N–H and O–H groups in total. The molecule has 2 aromatic heterocycles. The number of carbonyl (C=O) groups is 1. The lowest BCUT2D eigenvalue weighted by Crippen LogP contribution is -2.24. The summed E-state index contributed by atoms with van der Waals surface area (Å²) in [6.45, 7) is 6.39. The van der Waals surface area contributed by atoms with E-state index in [1.165, 1.54) is 0 Å². The highest BCUT2D eigenvalue weighted by atomic mass is 16.5. The number of hydrogen-bond acceptors (Lipinski definition) is 4. The molecule has 0 atom stereocenters. The topological polar surface area (TPSA) is 68.0 Å².